The molecule has 1 aromatic rings. The minimum absolute atomic E-state index is 0.143. The Morgan fingerprint density at radius 2 is 1.68 bits per heavy atom. The molecule has 0 fully saturated rings. The molecule has 0 saturated heterocycles. The summed E-state index contributed by atoms with van der Waals surface area (Å²) in [4.78, 5) is 54.0. The lowest BCUT2D eigenvalue weighted by Gasteiger charge is -2.45. The molecular weight excluding hydrogens is 490 g/mol. The Labute approximate surface area is 226 Å². The highest BCUT2D eigenvalue weighted by atomic mass is 16.6. The van der Waals surface area contributed by atoms with Gasteiger partial charge in [-0.15, -0.1) is 0 Å². The van der Waals surface area contributed by atoms with Gasteiger partial charge in [-0.2, -0.15) is 0 Å². The Morgan fingerprint density at radius 1 is 1.08 bits per heavy atom. The highest BCUT2D eigenvalue weighted by Crippen LogP contribution is 2.37. The molecule has 10 nitrogen and oxygen atoms in total. The Hall–Kier alpha value is -3.30. The molecule has 38 heavy (non-hydrogen) atoms. The van der Waals surface area contributed by atoms with Gasteiger partial charge in [0.25, 0.3) is 0 Å². The molecule has 0 radical (unpaired) electrons. The number of aromatic hydroxyl groups is 1. The van der Waals surface area contributed by atoms with Crippen LogP contribution in [0.3, 0.4) is 0 Å². The van der Waals surface area contributed by atoms with E-state index in [9.17, 15) is 24.3 Å². The SMILES string of the molecule is CCC(C)C(NC(=O)OC(C)(C)C)C(=O)N(C(C(=O)NCC(=O)OC)c1cccc(C)c1O)C(C)(C)CC. The number of para-hydroxylation sites is 1. The number of esters is 1. The second-order valence-corrected chi connectivity index (χ2v) is 11.1. The van der Waals surface area contributed by atoms with Crippen LogP contribution in [0.4, 0.5) is 4.79 Å². The molecule has 0 bridgehead atoms. The van der Waals surface area contributed by atoms with Gasteiger partial charge in [0, 0.05) is 11.1 Å². The van der Waals surface area contributed by atoms with Crippen molar-refractivity contribution in [3.63, 3.8) is 0 Å². The van der Waals surface area contributed by atoms with E-state index in [1.165, 1.54) is 12.0 Å². The van der Waals surface area contributed by atoms with Crippen LogP contribution in [-0.4, -0.2) is 64.7 Å². The number of rotatable bonds is 11. The lowest BCUT2D eigenvalue weighted by molar-refractivity contribution is -0.151. The van der Waals surface area contributed by atoms with Gasteiger partial charge in [0.2, 0.25) is 11.8 Å². The Bertz CT molecular complexity index is 1000. The molecule has 214 valence electrons. The van der Waals surface area contributed by atoms with Crippen LogP contribution >= 0.6 is 0 Å². The fourth-order valence-corrected chi connectivity index (χ4v) is 3.84. The molecule has 0 heterocycles. The van der Waals surface area contributed by atoms with Crippen molar-refractivity contribution in [3.8, 4) is 5.75 Å². The van der Waals surface area contributed by atoms with Crippen molar-refractivity contribution in [1.29, 1.82) is 0 Å². The van der Waals surface area contributed by atoms with E-state index in [-0.39, 0.29) is 17.2 Å². The maximum absolute atomic E-state index is 14.4. The molecule has 3 unspecified atom stereocenters. The molecule has 0 aromatic heterocycles. The van der Waals surface area contributed by atoms with Crippen molar-refractivity contribution >= 4 is 23.9 Å². The van der Waals surface area contributed by atoms with Gasteiger partial charge in [-0.25, -0.2) is 4.79 Å². The number of aryl methyl sites for hydroxylation is 1. The van der Waals surface area contributed by atoms with Gasteiger partial charge in [-0.05, 0) is 59.4 Å². The predicted octanol–water partition coefficient (Wildman–Crippen LogP) is 3.99. The third-order valence-electron chi connectivity index (χ3n) is 6.61. The number of methoxy groups -OCH3 is 1. The molecule has 1 aromatic carbocycles. The summed E-state index contributed by atoms with van der Waals surface area (Å²) >= 11 is 0. The number of nitrogens with one attached hydrogen (secondary N) is 2. The van der Waals surface area contributed by atoms with E-state index < -0.39 is 53.6 Å². The molecule has 3 atom stereocenters. The first kappa shape index (κ1) is 32.7. The van der Waals surface area contributed by atoms with Crippen LogP contribution in [0.25, 0.3) is 0 Å². The number of alkyl carbamates (subject to hydrolysis) is 1. The zero-order chi connectivity index (χ0) is 29.4. The van der Waals surface area contributed by atoms with Gasteiger partial charge in [-0.1, -0.05) is 45.4 Å². The molecule has 1 rings (SSSR count). The van der Waals surface area contributed by atoms with Gasteiger partial charge in [0.15, 0.2) is 0 Å². The van der Waals surface area contributed by atoms with Crippen molar-refractivity contribution in [2.24, 2.45) is 5.92 Å². The summed E-state index contributed by atoms with van der Waals surface area (Å²) in [7, 11) is 1.20. The molecule has 3 N–H and O–H groups in total. The van der Waals surface area contributed by atoms with Crippen molar-refractivity contribution in [3.05, 3.63) is 29.3 Å². The number of carbonyl (C=O) groups excluding carboxylic acids is 4. The average molecular weight is 536 g/mol. The maximum Gasteiger partial charge on any atom is 0.408 e. The summed E-state index contributed by atoms with van der Waals surface area (Å²) in [6.45, 7) is 15.6. The summed E-state index contributed by atoms with van der Waals surface area (Å²) in [6.07, 6.45) is 0.253. The molecule has 0 aliphatic heterocycles. The van der Waals surface area contributed by atoms with Crippen molar-refractivity contribution in [1.82, 2.24) is 15.5 Å². The maximum atomic E-state index is 14.4. The summed E-state index contributed by atoms with van der Waals surface area (Å²) in [5.41, 5.74) is -0.969. The molecule has 0 saturated carbocycles. The number of hydrogen-bond acceptors (Lipinski definition) is 7. The molecule has 3 amide bonds. The van der Waals surface area contributed by atoms with Crippen LogP contribution in [-0.2, 0) is 23.9 Å². The Morgan fingerprint density at radius 3 is 2.18 bits per heavy atom. The minimum Gasteiger partial charge on any atom is -0.507 e. The van der Waals surface area contributed by atoms with Gasteiger partial charge in [0.05, 0.1) is 7.11 Å². The Kier molecular flexibility index (Phi) is 11.6. The standard InChI is InChI=1S/C28H45N3O7/c1-11-17(3)21(30-26(36)38-27(5,6)7)25(35)31(28(8,9)12-2)22(24(34)29-16-20(32)37-10)19-15-13-14-18(4)23(19)33/h13-15,17,21-22,33H,11-12,16H2,1-10H3,(H,29,34)(H,30,36). The first-order chi connectivity index (χ1) is 17.5. The van der Waals surface area contributed by atoms with E-state index in [0.717, 1.165) is 0 Å². The second kappa shape index (κ2) is 13.5. The third kappa shape index (κ3) is 8.63. The quantitative estimate of drug-likeness (QED) is 0.365. The normalized spacial score (nSPS) is 14.1. The van der Waals surface area contributed by atoms with E-state index in [2.05, 4.69) is 15.4 Å². The molecular formula is C28H45N3O7. The van der Waals surface area contributed by atoms with Crippen LogP contribution < -0.4 is 10.6 Å². The molecule has 10 heteroatoms. The Balaban J connectivity index is 3.75. The largest absolute Gasteiger partial charge is 0.507 e. The number of carbonyl (C=O) groups is 4. The van der Waals surface area contributed by atoms with Crippen LogP contribution in [0.15, 0.2) is 18.2 Å². The van der Waals surface area contributed by atoms with Crippen LogP contribution in [0.2, 0.25) is 0 Å². The van der Waals surface area contributed by atoms with Crippen molar-refractivity contribution in [2.45, 2.75) is 98.4 Å². The van der Waals surface area contributed by atoms with Crippen LogP contribution in [0.5, 0.6) is 5.75 Å². The van der Waals surface area contributed by atoms with E-state index in [1.54, 1.807) is 59.7 Å². The smallest absolute Gasteiger partial charge is 0.408 e. The van der Waals surface area contributed by atoms with Crippen LogP contribution in [0, 0.1) is 12.8 Å². The van der Waals surface area contributed by atoms with Crippen molar-refractivity contribution in [2.75, 3.05) is 13.7 Å². The zero-order valence-electron chi connectivity index (χ0n) is 24.4. The fourth-order valence-electron chi connectivity index (χ4n) is 3.84. The first-order valence-electron chi connectivity index (χ1n) is 13.0. The van der Waals surface area contributed by atoms with Gasteiger partial charge in [-0.3, -0.25) is 14.4 Å². The number of amides is 3. The number of nitrogens with zero attached hydrogens (tertiary/aromatic N) is 1. The second-order valence-electron chi connectivity index (χ2n) is 11.1. The summed E-state index contributed by atoms with van der Waals surface area (Å²) in [5.74, 6) is -2.31. The first-order valence-corrected chi connectivity index (χ1v) is 13.0. The van der Waals surface area contributed by atoms with E-state index >= 15 is 0 Å². The average Bonchev–Trinajstić information content (AvgIpc) is 2.83. The highest BCUT2D eigenvalue weighted by Gasteiger charge is 2.45. The number of hydrogen-bond donors (Lipinski definition) is 3. The van der Waals surface area contributed by atoms with E-state index in [1.807, 2.05) is 20.8 Å². The number of ether oxygens (including phenoxy) is 2. The molecule has 0 aliphatic carbocycles. The van der Waals surface area contributed by atoms with Gasteiger partial charge >= 0.3 is 12.1 Å². The number of phenols is 1. The van der Waals surface area contributed by atoms with Crippen molar-refractivity contribution < 1.29 is 33.8 Å². The highest BCUT2D eigenvalue weighted by molar-refractivity contribution is 5.94. The minimum atomic E-state index is -1.31. The summed E-state index contributed by atoms with van der Waals surface area (Å²) in [6, 6.07) is 2.59. The number of benzene rings is 1. The fraction of sp³-hybridized carbons (Fsp3) is 0.643. The lowest BCUT2D eigenvalue weighted by Crippen LogP contribution is -2.60. The lowest BCUT2D eigenvalue weighted by atomic mass is 9.89. The monoisotopic (exact) mass is 535 g/mol. The summed E-state index contributed by atoms with van der Waals surface area (Å²) < 4.78 is 10.1. The summed E-state index contributed by atoms with van der Waals surface area (Å²) in [5, 5.41) is 16.2. The van der Waals surface area contributed by atoms with Gasteiger partial charge < -0.3 is 30.1 Å². The molecule has 0 aliphatic rings. The number of phenolic OH excluding ortho intramolecular Hbond substituents is 1. The molecule has 0 spiro atoms. The van der Waals surface area contributed by atoms with Crippen LogP contribution in [0.1, 0.15) is 85.4 Å². The van der Waals surface area contributed by atoms with E-state index in [0.29, 0.717) is 18.4 Å². The topological polar surface area (TPSA) is 134 Å². The zero-order valence-corrected chi connectivity index (χ0v) is 24.4. The predicted molar refractivity (Wildman–Crippen MR) is 144 cm³/mol. The van der Waals surface area contributed by atoms with Gasteiger partial charge in [0.1, 0.15) is 30.0 Å². The third-order valence-corrected chi connectivity index (χ3v) is 6.61. The van der Waals surface area contributed by atoms with E-state index in [4.69, 9.17) is 4.74 Å².